The Morgan fingerprint density at radius 1 is 1.45 bits per heavy atom. The average Bonchev–Trinajstić information content (AvgIpc) is 2.49. The van der Waals surface area contributed by atoms with Gasteiger partial charge in [0.05, 0.1) is 11.5 Å². The van der Waals surface area contributed by atoms with Crippen LogP contribution in [0.25, 0.3) is 0 Å². The second-order valence-corrected chi connectivity index (χ2v) is 6.18. The van der Waals surface area contributed by atoms with Crippen LogP contribution < -0.4 is 0 Å². The second kappa shape index (κ2) is 7.87. The van der Waals surface area contributed by atoms with Gasteiger partial charge in [-0.2, -0.15) is 0 Å². The zero-order valence-electron chi connectivity index (χ0n) is 12.7. The number of aliphatic hydroxyl groups is 1. The predicted octanol–water partition coefficient (Wildman–Crippen LogP) is 2.14. The summed E-state index contributed by atoms with van der Waals surface area (Å²) in [6.45, 7) is 3.32. The van der Waals surface area contributed by atoms with Crippen molar-refractivity contribution < 1.29 is 10.0 Å². The van der Waals surface area contributed by atoms with Crippen molar-refractivity contribution in [2.75, 3.05) is 33.3 Å². The number of hydrogen-bond donors (Lipinski definition) is 1. The zero-order valence-corrected chi connectivity index (χ0v) is 13.5. The number of halogens is 1. The molecule has 0 bridgehead atoms. The van der Waals surface area contributed by atoms with Crippen molar-refractivity contribution in [1.29, 1.82) is 0 Å². The third-order valence-corrected chi connectivity index (χ3v) is 4.50. The van der Waals surface area contributed by atoms with Crippen LogP contribution in [0.3, 0.4) is 0 Å². The number of likely N-dealkylation sites (tertiary alicyclic amines) is 1. The van der Waals surface area contributed by atoms with Crippen LogP contribution in [0.2, 0.25) is 5.02 Å². The number of piperidine rings is 1. The quantitative estimate of drug-likeness (QED) is 0.640. The van der Waals surface area contributed by atoms with Crippen molar-refractivity contribution in [2.24, 2.45) is 0 Å². The fraction of sp³-hybridized carbons (Fsp3) is 0.600. The molecular weight excluding hydrogens is 306 g/mol. The first-order chi connectivity index (χ1) is 10.5. The van der Waals surface area contributed by atoms with Crippen LogP contribution in [-0.4, -0.2) is 59.2 Å². The summed E-state index contributed by atoms with van der Waals surface area (Å²) in [6, 6.07) is 5.31. The van der Waals surface area contributed by atoms with Gasteiger partial charge in [0.25, 0.3) is 5.69 Å². The molecule has 0 unspecified atom stereocenters. The molecular formula is C15H22ClN3O3. The summed E-state index contributed by atoms with van der Waals surface area (Å²) in [6.07, 6.45) is 2.10. The van der Waals surface area contributed by atoms with Crippen LogP contribution in [0.1, 0.15) is 18.4 Å². The Labute approximate surface area is 135 Å². The lowest BCUT2D eigenvalue weighted by Gasteiger charge is -2.37. The Kier molecular flexibility index (Phi) is 6.14. The molecule has 0 amide bonds. The highest BCUT2D eigenvalue weighted by atomic mass is 35.5. The molecule has 7 heteroatoms. The first-order valence-electron chi connectivity index (χ1n) is 7.47. The number of rotatable bonds is 6. The maximum Gasteiger partial charge on any atom is 0.288 e. The van der Waals surface area contributed by atoms with Gasteiger partial charge < -0.3 is 10.0 Å². The van der Waals surface area contributed by atoms with E-state index < -0.39 is 4.92 Å². The van der Waals surface area contributed by atoms with Gasteiger partial charge in [0.1, 0.15) is 5.02 Å². The van der Waals surface area contributed by atoms with E-state index in [1.54, 1.807) is 6.07 Å². The molecule has 1 aliphatic heterocycles. The molecule has 1 saturated heterocycles. The Morgan fingerprint density at radius 3 is 2.73 bits per heavy atom. The van der Waals surface area contributed by atoms with Gasteiger partial charge in [-0.05, 0) is 44.6 Å². The van der Waals surface area contributed by atoms with Crippen molar-refractivity contribution in [1.82, 2.24) is 9.80 Å². The molecule has 0 aliphatic carbocycles. The van der Waals surface area contributed by atoms with Gasteiger partial charge in [-0.3, -0.25) is 15.0 Å². The number of benzene rings is 1. The van der Waals surface area contributed by atoms with Gasteiger partial charge in [0.2, 0.25) is 0 Å². The van der Waals surface area contributed by atoms with Gasteiger partial charge in [-0.15, -0.1) is 0 Å². The molecule has 122 valence electrons. The fourth-order valence-corrected chi connectivity index (χ4v) is 3.10. The van der Waals surface area contributed by atoms with Crippen LogP contribution in [-0.2, 0) is 6.54 Å². The Bertz CT molecular complexity index is 519. The molecule has 1 aromatic carbocycles. The lowest BCUT2D eigenvalue weighted by atomic mass is 10.0. The molecule has 1 aromatic rings. The highest BCUT2D eigenvalue weighted by molar-refractivity contribution is 6.32. The number of aliphatic hydroxyl groups excluding tert-OH is 1. The summed E-state index contributed by atoms with van der Waals surface area (Å²) < 4.78 is 0. The lowest BCUT2D eigenvalue weighted by molar-refractivity contribution is -0.384. The van der Waals surface area contributed by atoms with Gasteiger partial charge >= 0.3 is 0 Å². The summed E-state index contributed by atoms with van der Waals surface area (Å²) >= 11 is 5.85. The van der Waals surface area contributed by atoms with E-state index in [9.17, 15) is 15.2 Å². The minimum Gasteiger partial charge on any atom is -0.395 e. The molecule has 0 atom stereocenters. The monoisotopic (exact) mass is 327 g/mol. The Balaban J connectivity index is 2.10. The maximum atomic E-state index is 11.0. The molecule has 6 nitrogen and oxygen atoms in total. The van der Waals surface area contributed by atoms with Crippen molar-refractivity contribution >= 4 is 17.3 Å². The molecule has 1 heterocycles. The van der Waals surface area contributed by atoms with Crippen LogP contribution in [0, 0.1) is 10.1 Å². The van der Waals surface area contributed by atoms with E-state index in [0.29, 0.717) is 19.1 Å². The molecule has 0 saturated carbocycles. The van der Waals surface area contributed by atoms with E-state index in [-0.39, 0.29) is 17.3 Å². The van der Waals surface area contributed by atoms with E-state index in [4.69, 9.17) is 11.6 Å². The molecule has 1 N–H and O–H groups in total. The van der Waals surface area contributed by atoms with E-state index in [1.807, 2.05) is 6.07 Å². The predicted molar refractivity (Wildman–Crippen MR) is 86.1 cm³/mol. The average molecular weight is 328 g/mol. The molecule has 22 heavy (non-hydrogen) atoms. The molecule has 1 aliphatic rings. The van der Waals surface area contributed by atoms with Gasteiger partial charge in [0.15, 0.2) is 0 Å². The minimum atomic E-state index is -0.461. The highest BCUT2D eigenvalue weighted by Crippen LogP contribution is 2.26. The highest BCUT2D eigenvalue weighted by Gasteiger charge is 2.23. The van der Waals surface area contributed by atoms with E-state index in [1.165, 1.54) is 6.07 Å². The summed E-state index contributed by atoms with van der Waals surface area (Å²) in [4.78, 5) is 15.0. The van der Waals surface area contributed by atoms with Crippen LogP contribution in [0.5, 0.6) is 0 Å². The smallest absolute Gasteiger partial charge is 0.288 e. The van der Waals surface area contributed by atoms with Gasteiger partial charge in [-0.1, -0.05) is 17.7 Å². The van der Waals surface area contributed by atoms with Gasteiger partial charge in [-0.25, -0.2) is 0 Å². The van der Waals surface area contributed by atoms with Crippen molar-refractivity contribution in [2.45, 2.75) is 25.4 Å². The molecule has 0 spiro atoms. The number of nitro benzene ring substituents is 1. The van der Waals surface area contributed by atoms with E-state index in [2.05, 4.69) is 16.8 Å². The normalized spacial score (nSPS) is 17.1. The summed E-state index contributed by atoms with van der Waals surface area (Å²) in [5.74, 6) is 0. The van der Waals surface area contributed by atoms with Crippen molar-refractivity contribution in [3.05, 3.63) is 38.9 Å². The third kappa shape index (κ3) is 4.39. The largest absolute Gasteiger partial charge is 0.395 e. The fourth-order valence-electron chi connectivity index (χ4n) is 2.91. The standard InChI is InChI=1S/C15H22ClN3O3/c1-17-6-4-13(5-7-17)18(8-9-20)11-12-2-3-14(16)15(10-12)19(21)22/h2-3,10,13,20H,4-9,11H2,1H3. The topological polar surface area (TPSA) is 69.8 Å². The number of nitrogens with zero attached hydrogens (tertiary/aromatic N) is 3. The summed E-state index contributed by atoms with van der Waals surface area (Å²) in [5.41, 5.74) is 0.787. The zero-order chi connectivity index (χ0) is 16.1. The Morgan fingerprint density at radius 2 is 2.14 bits per heavy atom. The molecule has 1 fully saturated rings. The molecule has 0 radical (unpaired) electrons. The number of nitro groups is 1. The lowest BCUT2D eigenvalue weighted by Crippen LogP contribution is -2.44. The van der Waals surface area contributed by atoms with Crippen molar-refractivity contribution in [3.63, 3.8) is 0 Å². The first kappa shape index (κ1) is 17.1. The third-order valence-electron chi connectivity index (χ3n) is 4.18. The summed E-state index contributed by atoms with van der Waals surface area (Å²) in [5, 5.41) is 20.4. The second-order valence-electron chi connectivity index (χ2n) is 5.77. The van der Waals surface area contributed by atoms with Crippen molar-refractivity contribution in [3.8, 4) is 0 Å². The van der Waals surface area contributed by atoms with E-state index in [0.717, 1.165) is 31.5 Å². The maximum absolute atomic E-state index is 11.0. The summed E-state index contributed by atoms with van der Waals surface area (Å²) in [7, 11) is 2.11. The Hall–Kier alpha value is -1.21. The SMILES string of the molecule is CN1CCC(N(CCO)Cc2ccc(Cl)c([N+](=O)[O-])c2)CC1. The first-order valence-corrected chi connectivity index (χ1v) is 7.85. The van der Waals surface area contributed by atoms with Crippen LogP contribution in [0.15, 0.2) is 18.2 Å². The molecule has 2 rings (SSSR count). The van der Waals surface area contributed by atoms with E-state index >= 15 is 0 Å². The van der Waals surface area contributed by atoms with Crippen LogP contribution >= 0.6 is 11.6 Å². The van der Waals surface area contributed by atoms with Crippen LogP contribution in [0.4, 0.5) is 5.69 Å². The molecule has 0 aromatic heterocycles. The number of hydrogen-bond acceptors (Lipinski definition) is 5. The minimum absolute atomic E-state index is 0.0634. The van der Waals surface area contributed by atoms with Gasteiger partial charge in [0, 0.05) is 25.2 Å².